The van der Waals surface area contributed by atoms with Crippen LogP contribution in [0, 0.1) is 0 Å². The maximum Gasteiger partial charge on any atom is 0.245 e. The maximum atomic E-state index is 12.7. The number of benzene rings is 2. The van der Waals surface area contributed by atoms with Crippen LogP contribution in [0.25, 0.3) is 11.1 Å². The van der Waals surface area contributed by atoms with E-state index < -0.39 is 18.2 Å². The molecule has 3 atom stereocenters. The van der Waals surface area contributed by atoms with Gasteiger partial charge in [0.05, 0.1) is 6.10 Å². The fourth-order valence-electron chi connectivity index (χ4n) is 3.67. The number of rotatable bonds is 6. The molecule has 3 amide bonds. The molecule has 2 aromatic rings. The van der Waals surface area contributed by atoms with Crippen molar-refractivity contribution in [3.05, 3.63) is 60.2 Å². The van der Waals surface area contributed by atoms with Gasteiger partial charge >= 0.3 is 0 Å². The Bertz CT molecular complexity index is 898. The van der Waals surface area contributed by atoms with Gasteiger partial charge in [0, 0.05) is 26.4 Å². The fourth-order valence-corrected chi connectivity index (χ4v) is 3.67. The molecule has 2 aromatic carbocycles. The van der Waals surface area contributed by atoms with Gasteiger partial charge in [0.25, 0.3) is 0 Å². The number of β-amino-alcohol motifs (C(OH)–C–C–N with tert-alkyl or cyclic N) is 1. The number of carbonyl (C=O) groups excluding carboxylic acids is 3. The summed E-state index contributed by atoms with van der Waals surface area (Å²) < 4.78 is 0. The molecule has 30 heavy (non-hydrogen) atoms. The number of hydrogen-bond donors (Lipinski definition) is 3. The van der Waals surface area contributed by atoms with Gasteiger partial charge < -0.3 is 20.6 Å². The van der Waals surface area contributed by atoms with Crippen LogP contribution in [0.4, 0.5) is 0 Å². The summed E-state index contributed by atoms with van der Waals surface area (Å²) in [7, 11) is 0. The van der Waals surface area contributed by atoms with E-state index in [1.54, 1.807) is 6.92 Å². The average molecular weight is 409 g/mol. The molecule has 0 aromatic heterocycles. The van der Waals surface area contributed by atoms with Gasteiger partial charge in [-0.25, -0.2) is 0 Å². The normalized spacial score (nSPS) is 19.2. The van der Waals surface area contributed by atoms with E-state index in [1.165, 1.54) is 11.8 Å². The average Bonchev–Trinajstić information content (AvgIpc) is 3.13. The van der Waals surface area contributed by atoms with Gasteiger partial charge in [0.15, 0.2) is 0 Å². The van der Waals surface area contributed by atoms with E-state index in [0.29, 0.717) is 6.54 Å². The first kappa shape index (κ1) is 21.5. The lowest BCUT2D eigenvalue weighted by atomic mass is 10.0. The zero-order valence-corrected chi connectivity index (χ0v) is 17.2. The highest BCUT2D eigenvalue weighted by atomic mass is 16.3. The van der Waals surface area contributed by atoms with E-state index in [4.69, 9.17) is 0 Å². The van der Waals surface area contributed by atoms with Crippen molar-refractivity contribution >= 4 is 17.7 Å². The zero-order chi connectivity index (χ0) is 21.7. The number of aliphatic hydroxyl groups excluding tert-OH is 1. The summed E-state index contributed by atoms with van der Waals surface area (Å²) in [5.74, 6) is -1.02. The standard InChI is InChI=1S/C23H27N3O4/c1-15(25-16(2)27)23(30)26-14-20(28)12-21(26)22(29)24-13-17-8-10-19(11-9-17)18-6-4-3-5-7-18/h3-11,15,20-21,28H,12-14H2,1-2H3,(H,24,29)(H,25,27)/t15?,20-,21+/m1/s1. The molecule has 7 heteroatoms. The Balaban J connectivity index is 1.60. The topological polar surface area (TPSA) is 98.7 Å². The number of carbonyl (C=O) groups is 3. The quantitative estimate of drug-likeness (QED) is 0.673. The van der Waals surface area contributed by atoms with E-state index in [1.807, 2.05) is 54.6 Å². The Hall–Kier alpha value is -3.19. The first-order valence-electron chi connectivity index (χ1n) is 10.0. The molecule has 158 valence electrons. The summed E-state index contributed by atoms with van der Waals surface area (Å²) in [6, 6.07) is 16.4. The number of aliphatic hydroxyl groups is 1. The van der Waals surface area contributed by atoms with Gasteiger partial charge in [-0.05, 0) is 23.6 Å². The summed E-state index contributed by atoms with van der Waals surface area (Å²) in [4.78, 5) is 37.9. The minimum Gasteiger partial charge on any atom is -0.391 e. The van der Waals surface area contributed by atoms with Gasteiger partial charge in [-0.3, -0.25) is 14.4 Å². The van der Waals surface area contributed by atoms with Crippen LogP contribution in [0.5, 0.6) is 0 Å². The highest BCUT2D eigenvalue weighted by Gasteiger charge is 2.40. The van der Waals surface area contributed by atoms with E-state index in [9.17, 15) is 19.5 Å². The molecule has 1 aliphatic rings. The Labute approximate surface area is 176 Å². The third kappa shape index (κ3) is 5.24. The van der Waals surface area contributed by atoms with Crippen molar-refractivity contribution in [3.8, 4) is 11.1 Å². The molecule has 1 heterocycles. The first-order valence-corrected chi connectivity index (χ1v) is 10.0. The summed E-state index contributed by atoms with van der Waals surface area (Å²) in [6.45, 7) is 3.30. The van der Waals surface area contributed by atoms with Crippen molar-refractivity contribution < 1.29 is 19.5 Å². The molecule has 7 nitrogen and oxygen atoms in total. The van der Waals surface area contributed by atoms with Gasteiger partial charge in [-0.2, -0.15) is 0 Å². The number of nitrogens with zero attached hydrogens (tertiary/aromatic N) is 1. The summed E-state index contributed by atoms with van der Waals surface area (Å²) in [5.41, 5.74) is 3.15. The van der Waals surface area contributed by atoms with E-state index in [2.05, 4.69) is 10.6 Å². The Morgan fingerprint density at radius 2 is 1.70 bits per heavy atom. The Morgan fingerprint density at radius 1 is 1.07 bits per heavy atom. The van der Waals surface area contributed by atoms with Gasteiger partial charge in [-0.1, -0.05) is 54.6 Å². The minimum absolute atomic E-state index is 0.0760. The Kier molecular flexibility index (Phi) is 6.84. The maximum absolute atomic E-state index is 12.7. The molecule has 1 unspecified atom stereocenters. The molecule has 3 rings (SSSR count). The molecule has 3 N–H and O–H groups in total. The van der Waals surface area contributed by atoms with Crippen LogP contribution in [0.3, 0.4) is 0 Å². The van der Waals surface area contributed by atoms with Crippen molar-refractivity contribution in [2.24, 2.45) is 0 Å². The van der Waals surface area contributed by atoms with Crippen molar-refractivity contribution in [1.82, 2.24) is 15.5 Å². The largest absolute Gasteiger partial charge is 0.391 e. The number of hydrogen-bond acceptors (Lipinski definition) is 4. The predicted octanol–water partition coefficient (Wildman–Crippen LogP) is 1.46. The molecule has 0 radical (unpaired) electrons. The second kappa shape index (κ2) is 9.54. The monoisotopic (exact) mass is 409 g/mol. The number of likely N-dealkylation sites (tertiary alicyclic amines) is 1. The van der Waals surface area contributed by atoms with Gasteiger partial charge in [0.2, 0.25) is 17.7 Å². The smallest absolute Gasteiger partial charge is 0.245 e. The van der Waals surface area contributed by atoms with Crippen LogP contribution < -0.4 is 10.6 Å². The van der Waals surface area contributed by atoms with Crippen molar-refractivity contribution in [3.63, 3.8) is 0 Å². The highest BCUT2D eigenvalue weighted by molar-refractivity contribution is 5.92. The van der Waals surface area contributed by atoms with Crippen molar-refractivity contribution in [2.75, 3.05) is 6.54 Å². The summed E-state index contributed by atoms with van der Waals surface area (Å²) in [5, 5.41) is 15.4. The zero-order valence-electron chi connectivity index (χ0n) is 17.2. The molecule has 0 spiro atoms. The van der Waals surface area contributed by atoms with Crippen molar-refractivity contribution in [2.45, 2.75) is 45.0 Å². The Morgan fingerprint density at radius 3 is 2.33 bits per heavy atom. The molecule has 1 aliphatic heterocycles. The molecule has 1 fully saturated rings. The van der Waals surface area contributed by atoms with Gasteiger partial charge in [-0.15, -0.1) is 0 Å². The number of amides is 3. The summed E-state index contributed by atoms with van der Waals surface area (Å²) in [6.07, 6.45) is -0.587. The van der Waals surface area contributed by atoms with E-state index in [-0.39, 0.29) is 30.7 Å². The predicted molar refractivity (Wildman–Crippen MR) is 113 cm³/mol. The lowest BCUT2D eigenvalue weighted by Gasteiger charge is -2.26. The van der Waals surface area contributed by atoms with Crippen LogP contribution in [0.15, 0.2) is 54.6 Å². The van der Waals surface area contributed by atoms with Crippen LogP contribution >= 0.6 is 0 Å². The fraction of sp³-hybridized carbons (Fsp3) is 0.348. The van der Waals surface area contributed by atoms with Crippen LogP contribution in [0.2, 0.25) is 0 Å². The molecule has 1 saturated heterocycles. The lowest BCUT2D eigenvalue weighted by Crippen LogP contribution is -2.52. The second-order valence-electron chi connectivity index (χ2n) is 7.60. The lowest BCUT2D eigenvalue weighted by molar-refractivity contribution is -0.141. The first-order chi connectivity index (χ1) is 14.3. The third-order valence-corrected chi connectivity index (χ3v) is 5.18. The SMILES string of the molecule is CC(=O)NC(C)C(=O)N1C[C@H](O)C[C@H]1C(=O)NCc1ccc(-c2ccccc2)cc1. The van der Waals surface area contributed by atoms with Crippen LogP contribution in [-0.4, -0.2) is 52.5 Å². The second-order valence-corrected chi connectivity index (χ2v) is 7.60. The molecule has 0 aliphatic carbocycles. The van der Waals surface area contributed by atoms with Crippen molar-refractivity contribution in [1.29, 1.82) is 0 Å². The van der Waals surface area contributed by atoms with Crippen LogP contribution in [-0.2, 0) is 20.9 Å². The molecule has 0 bridgehead atoms. The highest BCUT2D eigenvalue weighted by Crippen LogP contribution is 2.21. The van der Waals surface area contributed by atoms with Gasteiger partial charge in [0.1, 0.15) is 12.1 Å². The molecular formula is C23H27N3O4. The summed E-state index contributed by atoms with van der Waals surface area (Å²) >= 11 is 0. The number of nitrogens with one attached hydrogen (secondary N) is 2. The third-order valence-electron chi connectivity index (χ3n) is 5.18. The van der Waals surface area contributed by atoms with E-state index in [0.717, 1.165) is 16.7 Å². The molecule has 0 saturated carbocycles. The van der Waals surface area contributed by atoms with Crippen LogP contribution in [0.1, 0.15) is 25.8 Å². The molecular weight excluding hydrogens is 382 g/mol. The van der Waals surface area contributed by atoms with E-state index >= 15 is 0 Å². The minimum atomic E-state index is -0.764.